The normalized spacial score (nSPS) is 18.0. The van der Waals surface area contributed by atoms with Gasteiger partial charge in [0, 0.05) is 0 Å². The minimum Gasteiger partial charge on any atom is -0.244 e. The predicted octanol–water partition coefficient (Wildman–Crippen LogP) is 3.47. The number of hydrogen-bond donors (Lipinski definition) is 0. The third kappa shape index (κ3) is 4.15. The summed E-state index contributed by atoms with van der Waals surface area (Å²) in [5.74, 6) is -4.74. The summed E-state index contributed by atoms with van der Waals surface area (Å²) in [7, 11) is 0. The second-order valence-electron chi connectivity index (χ2n) is 2.76. The monoisotopic (exact) mass is 225 g/mol. The van der Waals surface area contributed by atoms with Gasteiger partial charge in [-0.1, -0.05) is 6.92 Å². The van der Waals surface area contributed by atoms with E-state index >= 15 is 0 Å². The van der Waals surface area contributed by atoms with Gasteiger partial charge in [0.2, 0.25) is 0 Å². The molecule has 0 aliphatic rings. The van der Waals surface area contributed by atoms with Gasteiger partial charge in [-0.3, -0.25) is 0 Å². The van der Waals surface area contributed by atoms with Crippen molar-refractivity contribution in [3.05, 3.63) is 6.92 Å². The fourth-order valence-electron chi connectivity index (χ4n) is 0.776. The van der Waals surface area contributed by atoms with Gasteiger partial charge in [-0.25, -0.2) is 17.6 Å². The van der Waals surface area contributed by atoms with Gasteiger partial charge in [0.25, 0.3) is 5.92 Å². The van der Waals surface area contributed by atoms with E-state index in [0.29, 0.717) is 0 Å². The van der Waals surface area contributed by atoms with E-state index in [9.17, 15) is 30.7 Å². The second-order valence-corrected chi connectivity index (χ2v) is 2.76. The maximum absolute atomic E-state index is 12.4. The van der Waals surface area contributed by atoms with Crippen LogP contribution in [0.15, 0.2) is 0 Å². The lowest BCUT2D eigenvalue weighted by molar-refractivity contribution is -0.211. The Kier molecular flexibility index (Phi) is 4.20. The molecule has 0 saturated heterocycles. The summed E-state index contributed by atoms with van der Waals surface area (Å²) in [6.45, 7) is 2.79. The number of rotatable bonds is 4. The van der Waals surface area contributed by atoms with Gasteiger partial charge < -0.3 is 0 Å². The maximum Gasteiger partial charge on any atom is 0.394 e. The van der Waals surface area contributed by atoms with E-state index in [0.717, 1.165) is 0 Å². The van der Waals surface area contributed by atoms with Crippen LogP contribution in [0.4, 0.5) is 30.7 Å². The third-order valence-corrected chi connectivity index (χ3v) is 1.43. The molecule has 0 aromatic heterocycles. The number of halogens is 7. The Labute approximate surface area is 76.1 Å². The van der Waals surface area contributed by atoms with Crippen LogP contribution in [0.5, 0.6) is 0 Å². The maximum atomic E-state index is 12.4. The lowest BCUT2D eigenvalue weighted by Gasteiger charge is -2.23. The summed E-state index contributed by atoms with van der Waals surface area (Å²) >= 11 is 0. The topological polar surface area (TPSA) is 0 Å². The van der Waals surface area contributed by atoms with Crippen LogP contribution >= 0.6 is 0 Å². The van der Waals surface area contributed by atoms with Crippen molar-refractivity contribution >= 4 is 0 Å². The highest BCUT2D eigenvalue weighted by atomic mass is 19.4. The van der Waals surface area contributed by atoms with E-state index in [-0.39, 0.29) is 0 Å². The van der Waals surface area contributed by atoms with E-state index < -0.39 is 37.3 Å². The van der Waals surface area contributed by atoms with Crippen molar-refractivity contribution < 1.29 is 30.7 Å². The Morgan fingerprint density at radius 3 is 1.71 bits per heavy atom. The molecule has 85 valence electrons. The highest BCUT2D eigenvalue weighted by molar-refractivity contribution is 4.85. The second kappa shape index (κ2) is 4.35. The number of hydrogen-bond acceptors (Lipinski definition) is 0. The van der Waals surface area contributed by atoms with Crippen molar-refractivity contribution in [2.24, 2.45) is 0 Å². The van der Waals surface area contributed by atoms with Crippen molar-refractivity contribution in [2.45, 2.75) is 37.3 Å². The molecule has 0 amide bonds. The molecule has 14 heavy (non-hydrogen) atoms. The van der Waals surface area contributed by atoms with E-state index in [1.165, 1.54) is 0 Å². The molecule has 0 aromatic carbocycles. The largest absolute Gasteiger partial charge is 0.394 e. The molecule has 0 heterocycles. The van der Waals surface area contributed by atoms with Crippen LogP contribution in [0.1, 0.15) is 12.8 Å². The summed E-state index contributed by atoms with van der Waals surface area (Å²) in [6.07, 6.45) is -14.9. The molecule has 0 N–H and O–H groups in total. The van der Waals surface area contributed by atoms with Crippen molar-refractivity contribution in [3.8, 4) is 0 Å². The summed E-state index contributed by atoms with van der Waals surface area (Å²) in [6, 6.07) is 0. The van der Waals surface area contributed by atoms with Crippen LogP contribution < -0.4 is 0 Å². The van der Waals surface area contributed by atoms with Crippen LogP contribution in [0.2, 0.25) is 0 Å². The molecule has 2 atom stereocenters. The molecule has 1 unspecified atom stereocenters. The van der Waals surface area contributed by atoms with Gasteiger partial charge in [0.1, 0.15) is 12.6 Å². The van der Waals surface area contributed by atoms with Gasteiger partial charge in [-0.05, 0) is 6.42 Å². The van der Waals surface area contributed by atoms with Gasteiger partial charge in [-0.2, -0.15) is 13.2 Å². The van der Waals surface area contributed by atoms with Gasteiger partial charge >= 0.3 is 6.18 Å². The summed E-state index contributed by atoms with van der Waals surface area (Å²) in [4.78, 5) is 0. The molecule has 1 radical (unpaired) electrons. The fraction of sp³-hybridized carbons (Fsp3) is 0.857. The lowest BCUT2D eigenvalue weighted by Crippen LogP contribution is -2.40. The minimum atomic E-state index is -5.23. The standard InChI is InChI=1S/C7H8F7/c1-2-4(8)5(9)6(10,11)3-7(12,13)14/h4-5H,1-3H2/t4?,5-/m0/s1. The molecule has 0 aliphatic heterocycles. The quantitative estimate of drug-likeness (QED) is 0.642. The molecule has 0 spiro atoms. The van der Waals surface area contributed by atoms with Gasteiger partial charge in [0.15, 0.2) is 6.17 Å². The average Bonchev–Trinajstić information content (AvgIpc) is 1.97. The molecule has 0 aromatic rings. The predicted molar refractivity (Wildman–Crippen MR) is 35.4 cm³/mol. The first-order chi connectivity index (χ1) is 6.10. The van der Waals surface area contributed by atoms with Crippen molar-refractivity contribution in [2.75, 3.05) is 0 Å². The van der Waals surface area contributed by atoms with Gasteiger partial charge in [0.05, 0.1) is 0 Å². The van der Waals surface area contributed by atoms with Crippen LogP contribution in [0, 0.1) is 6.92 Å². The molecule has 0 bridgehead atoms. The minimum absolute atomic E-state index is 0.839. The highest BCUT2D eigenvalue weighted by Gasteiger charge is 2.52. The SMILES string of the molecule is [CH2]CC(F)[C@H](F)C(F)(F)CC(F)(F)F. The van der Waals surface area contributed by atoms with Crippen LogP contribution in [-0.2, 0) is 0 Å². The molecule has 0 saturated carbocycles. The molecule has 7 heteroatoms. The van der Waals surface area contributed by atoms with Crippen LogP contribution in [0.25, 0.3) is 0 Å². The summed E-state index contributed by atoms with van der Waals surface area (Å²) < 4.78 is 84.0. The molecule has 0 rings (SSSR count). The third-order valence-electron chi connectivity index (χ3n) is 1.43. The average molecular weight is 225 g/mol. The molecule has 0 fully saturated rings. The van der Waals surface area contributed by atoms with E-state index in [2.05, 4.69) is 6.92 Å². The Morgan fingerprint density at radius 2 is 1.43 bits per heavy atom. The zero-order chi connectivity index (χ0) is 11.6. The van der Waals surface area contributed by atoms with E-state index in [4.69, 9.17) is 0 Å². The Balaban J connectivity index is 4.45. The Hall–Kier alpha value is -0.490. The van der Waals surface area contributed by atoms with Crippen molar-refractivity contribution in [1.29, 1.82) is 0 Å². The molecule has 0 nitrogen and oxygen atoms in total. The zero-order valence-electron chi connectivity index (χ0n) is 6.92. The molecular weight excluding hydrogens is 217 g/mol. The van der Waals surface area contributed by atoms with Gasteiger partial charge in [-0.15, -0.1) is 0 Å². The first-order valence-electron chi connectivity index (χ1n) is 3.62. The van der Waals surface area contributed by atoms with Crippen molar-refractivity contribution in [3.63, 3.8) is 0 Å². The fourth-order valence-corrected chi connectivity index (χ4v) is 0.776. The highest BCUT2D eigenvalue weighted by Crippen LogP contribution is 2.37. The summed E-state index contributed by atoms with van der Waals surface area (Å²) in [5.41, 5.74) is 0. The van der Waals surface area contributed by atoms with E-state index in [1.54, 1.807) is 0 Å². The van der Waals surface area contributed by atoms with Crippen molar-refractivity contribution in [1.82, 2.24) is 0 Å². The Bertz CT molecular complexity index is 173. The van der Waals surface area contributed by atoms with Crippen LogP contribution in [-0.4, -0.2) is 24.4 Å². The first-order valence-corrected chi connectivity index (χ1v) is 3.62. The zero-order valence-corrected chi connectivity index (χ0v) is 6.92. The molecular formula is C7H8F7. The first kappa shape index (κ1) is 13.5. The Morgan fingerprint density at radius 1 is 1.00 bits per heavy atom. The summed E-state index contributed by atoms with van der Waals surface area (Å²) in [5, 5.41) is 0. The molecule has 0 aliphatic carbocycles. The number of alkyl halides is 7. The van der Waals surface area contributed by atoms with E-state index in [1.807, 2.05) is 0 Å². The smallest absolute Gasteiger partial charge is 0.244 e. The lowest BCUT2D eigenvalue weighted by atomic mass is 10.0. The van der Waals surface area contributed by atoms with Crippen LogP contribution in [0.3, 0.4) is 0 Å².